The number of halogens is 2. The molecule has 18 heavy (non-hydrogen) atoms. The summed E-state index contributed by atoms with van der Waals surface area (Å²) in [6.07, 6.45) is 6.86. The van der Waals surface area contributed by atoms with Crippen molar-refractivity contribution in [1.82, 2.24) is 5.43 Å². The van der Waals surface area contributed by atoms with Crippen LogP contribution in [0.2, 0.25) is 0 Å². The lowest BCUT2D eigenvalue weighted by molar-refractivity contribution is 0.405. The van der Waals surface area contributed by atoms with Crippen LogP contribution in [-0.4, -0.2) is 0 Å². The van der Waals surface area contributed by atoms with Gasteiger partial charge in [0.1, 0.15) is 11.6 Å². The molecule has 2 rings (SSSR count). The third-order valence-corrected chi connectivity index (χ3v) is 3.87. The summed E-state index contributed by atoms with van der Waals surface area (Å²) in [6.45, 7) is 0. The van der Waals surface area contributed by atoms with E-state index in [1.165, 1.54) is 31.7 Å². The van der Waals surface area contributed by atoms with Crippen molar-refractivity contribution in [3.63, 3.8) is 0 Å². The lowest BCUT2D eigenvalue weighted by Gasteiger charge is -2.19. The number of rotatable bonds is 5. The Hall–Kier alpha value is -1.00. The van der Waals surface area contributed by atoms with Crippen molar-refractivity contribution in [2.24, 2.45) is 11.8 Å². The van der Waals surface area contributed by atoms with Gasteiger partial charge in [0, 0.05) is 11.6 Å². The van der Waals surface area contributed by atoms with Crippen LogP contribution < -0.4 is 11.3 Å². The van der Waals surface area contributed by atoms with Crippen molar-refractivity contribution in [3.05, 3.63) is 35.4 Å². The molecule has 2 nitrogen and oxygen atoms in total. The van der Waals surface area contributed by atoms with Crippen molar-refractivity contribution in [1.29, 1.82) is 0 Å². The molecule has 3 N–H and O–H groups in total. The highest BCUT2D eigenvalue weighted by molar-refractivity contribution is 5.22. The molecule has 1 atom stereocenters. The Balaban J connectivity index is 2.00. The van der Waals surface area contributed by atoms with Gasteiger partial charge in [-0.1, -0.05) is 25.7 Å². The second kappa shape index (κ2) is 6.25. The summed E-state index contributed by atoms with van der Waals surface area (Å²) in [5.41, 5.74) is 2.93. The minimum absolute atomic E-state index is 0.304. The molecule has 1 aromatic rings. The average Bonchev–Trinajstić information content (AvgIpc) is 2.87. The van der Waals surface area contributed by atoms with Crippen LogP contribution in [0.15, 0.2) is 18.2 Å². The molecule has 1 aromatic carbocycles. The molecule has 0 radical (unpaired) electrons. The van der Waals surface area contributed by atoms with E-state index in [-0.39, 0.29) is 6.04 Å². The Kier molecular flexibility index (Phi) is 4.66. The monoisotopic (exact) mass is 254 g/mol. The summed E-state index contributed by atoms with van der Waals surface area (Å²) in [6, 6.07) is 3.21. The first-order valence-electron chi connectivity index (χ1n) is 6.62. The molecule has 0 aliphatic heterocycles. The topological polar surface area (TPSA) is 38.0 Å². The summed E-state index contributed by atoms with van der Waals surface area (Å²) >= 11 is 0. The lowest BCUT2D eigenvalue weighted by atomic mass is 9.95. The first-order chi connectivity index (χ1) is 8.70. The molecule has 0 aromatic heterocycles. The zero-order valence-corrected chi connectivity index (χ0v) is 10.5. The highest BCUT2D eigenvalue weighted by atomic mass is 19.1. The fourth-order valence-electron chi connectivity index (χ4n) is 2.81. The van der Waals surface area contributed by atoms with E-state index in [9.17, 15) is 8.78 Å². The number of hydrogen-bond donors (Lipinski definition) is 2. The van der Waals surface area contributed by atoms with Crippen LogP contribution in [0.3, 0.4) is 0 Å². The third kappa shape index (κ3) is 3.27. The smallest absolute Gasteiger partial charge is 0.128 e. The SMILES string of the molecule is NNC(CCC1CCCC1)c1cc(F)ccc1F. The van der Waals surface area contributed by atoms with E-state index in [2.05, 4.69) is 5.43 Å². The maximum atomic E-state index is 13.6. The highest BCUT2D eigenvalue weighted by Gasteiger charge is 2.20. The lowest BCUT2D eigenvalue weighted by Crippen LogP contribution is -2.29. The van der Waals surface area contributed by atoms with Gasteiger partial charge in [-0.15, -0.1) is 0 Å². The molecule has 100 valence electrons. The molecular weight excluding hydrogens is 234 g/mol. The molecular formula is C14H20F2N2. The number of hydrazine groups is 1. The predicted octanol–water partition coefficient (Wildman–Crippen LogP) is 3.44. The normalized spacial score (nSPS) is 18.2. The Morgan fingerprint density at radius 3 is 2.67 bits per heavy atom. The highest BCUT2D eigenvalue weighted by Crippen LogP contribution is 2.31. The standard InChI is InChI=1S/C14H20F2N2/c15-11-6-7-13(16)12(9-11)14(18-17)8-5-10-3-1-2-4-10/h6-7,9-10,14,18H,1-5,8,17H2. The molecule has 0 saturated heterocycles. The molecule has 0 spiro atoms. The van der Waals surface area contributed by atoms with Gasteiger partial charge >= 0.3 is 0 Å². The maximum absolute atomic E-state index is 13.6. The molecule has 1 unspecified atom stereocenters. The predicted molar refractivity (Wildman–Crippen MR) is 67.6 cm³/mol. The Bertz CT molecular complexity index is 389. The van der Waals surface area contributed by atoms with Gasteiger partial charge < -0.3 is 0 Å². The van der Waals surface area contributed by atoms with Crippen molar-refractivity contribution >= 4 is 0 Å². The zero-order chi connectivity index (χ0) is 13.0. The first-order valence-corrected chi connectivity index (χ1v) is 6.62. The summed E-state index contributed by atoms with van der Waals surface area (Å²) in [4.78, 5) is 0. The summed E-state index contributed by atoms with van der Waals surface area (Å²) in [5, 5.41) is 0. The van der Waals surface area contributed by atoms with Gasteiger partial charge in [-0.25, -0.2) is 8.78 Å². The summed E-state index contributed by atoms with van der Waals surface area (Å²) in [5.74, 6) is 5.37. The van der Waals surface area contributed by atoms with Crippen molar-refractivity contribution < 1.29 is 8.78 Å². The molecule has 4 heteroatoms. The van der Waals surface area contributed by atoms with Crippen molar-refractivity contribution in [3.8, 4) is 0 Å². The van der Waals surface area contributed by atoms with Crippen LogP contribution in [0.1, 0.15) is 50.1 Å². The van der Waals surface area contributed by atoms with E-state index in [1.807, 2.05) is 0 Å². The number of hydrogen-bond acceptors (Lipinski definition) is 2. The van der Waals surface area contributed by atoms with E-state index in [0.717, 1.165) is 30.9 Å². The molecule has 1 saturated carbocycles. The second-order valence-corrected chi connectivity index (χ2v) is 5.11. The molecule has 0 heterocycles. The third-order valence-electron chi connectivity index (χ3n) is 3.87. The molecule has 1 fully saturated rings. The Morgan fingerprint density at radius 1 is 1.28 bits per heavy atom. The Morgan fingerprint density at radius 2 is 2.00 bits per heavy atom. The first kappa shape index (κ1) is 13.4. The minimum Gasteiger partial charge on any atom is -0.271 e. The fourth-order valence-corrected chi connectivity index (χ4v) is 2.81. The van der Waals surface area contributed by atoms with Crippen LogP contribution in [-0.2, 0) is 0 Å². The van der Waals surface area contributed by atoms with Gasteiger partial charge in [0.25, 0.3) is 0 Å². The zero-order valence-electron chi connectivity index (χ0n) is 10.5. The maximum Gasteiger partial charge on any atom is 0.128 e. The van der Waals surface area contributed by atoms with Gasteiger partial charge in [-0.05, 0) is 37.0 Å². The van der Waals surface area contributed by atoms with E-state index < -0.39 is 11.6 Å². The molecule has 1 aliphatic rings. The van der Waals surface area contributed by atoms with Gasteiger partial charge in [-0.3, -0.25) is 11.3 Å². The number of benzene rings is 1. The molecule has 0 bridgehead atoms. The molecule has 1 aliphatic carbocycles. The average molecular weight is 254 g/mol. The van der Waals surface area contributed by atoms with E-state index in [0.29, 0.717) is 5.56 Å². The van der Waals surface area contributed by atoms with E-state index >= 15 is 0 Å². The second-order valence-electron chi connectivity index (χ2n) is 5.11. The van der Waals surface area contributed by atoms with Crippen LogP contribution >= 0.6 is 0 Å². The van der Waals surface area contributed by atoms with Gasteiger partial charge in [-0.2, -0.15) is 0 Å². The van der Waals surface area contributed by atoms with Crippen LogP contribution in [0.5, 0.6) is 0 Å². The largest absolute Gasteiger partial charge is 0.271 e. The summed E-state index contributed by atoms with van der Waals surface area (Å²) < 4.78 is 26.8. The fraction of sp³-hybridized carbons (Fsp3) is 0.571. The minimum atomic E-state index is -0.424. The van der Waals surface area contributed by atoms with Gasteiger partial charge in [0.15, 0.2) is 0 Å². The number of nitrogens with two attached hydrogens (primary N) is 1. The van der Waals surface area contributed by atoms with Crippen LogP contribution in [0, 0.1) is 17.6 Å². The van der Waals surface area contributed by atoms with Crippen molar-refractivity contribution in [2.45, 2.75) is 44.6 Å². The quantitative estimate of drug-likeness (QED) is 0.624. The van der Waals surface area contributed by atoms with Crippen LogP contribution in [0.25, 0.3) is 0 Å². The number of nitrogens with one attached hydrogen (secondary N) is 1. The molecule has 0 amide bonds. The van der Waals surface area contributed by atoms with Crippen molar-refractivity contribution in [2.75, 3.05) is 0 Å². The van der Waals surface area contributed by atoms with Gasteiger partial charge in [0.05, 0.1) is 0 Å². The van der Waals surface area contributed by atoms with E-state index in [1.54, 1.807) is 0 Å². The van der Waals surface area contributed by atoms with Gasteiger partial charge in [0.2, 0.25) is 0 Å². The summed E-state index contributed by atoms with van der Waals surface area (Å²) in [7, 11) is 0. The Labute approximate surface area is 107 Å². The van der Waals surface area contributed by atoms with E-state index in [4.69, 9.17) is 5.84 Å². The van der Waals surface area contributed by atoms with Crippen LogP contribution in [0.4, 0.5) is 8.78 Å².